The van der Waals surface area contributed by atoms with Crippen LogP contribution in [0.4, 0.5) is 0 Å². The minimum atomic E-state index is -0.909. The standard InChI is InChI=1S/3C12H24O2.H2O.Ti/c3*1-2-3-4-5-6-7-8-9-10-11-12(13)14;;/h3*2-11H2,1H3,(H,13,14);1H2;/q;;;;+3/p-3. The molecule has 0 aromatic rings. The van der Waals surface area contributed by atoms with Crippen LogP contribution >= 0.6 is 0 Å². The molecule has 0 heterocycles. The summed E-state index contributed by atoms with van der Waals surface area (Å²) in [6.45, 7) is 6.67. The molecule has 8 heteroatoms. The largest absolute Gasteiger partial charge is 3.00 e. The van der Waals surface area contributed by atoms with E-state index in [9.17, 15) is 29.7 Å². The van der Waals surface area contributed by atoms with Crippen LogP contribution in [-0.4, -0.2) is 23.4 Å². The van der Waals surface area contributed by atoms with Crippen LogP contribution in [0.2, 0.25) is 0 Å². The molecule has 261 valence electrons. The Labute approximate surface area is 287 Å². The molecule has 0 aliphatic carbocycles. The van der Waals surface area contributed by atoms with E-state index in [1.54, 1.807) is 0 Å². The van der Waals surface area contributed by atoms with E-state index in [-0.39, 0.29) is 46.5 Å². The fourth-order valence-corrected chi connectivity index (χ4v) is 4.74. The summed E-state index contributed by atoms with van der Waals surface area (Å²) in [7, 11) is 0. The van der Waals surface area contributed by atoms with Gasteiger partial charge in [0.05, 0.1) is 0 Å². The molecule has 0 saturated heterocycles. The van der Waals surface area contributed by atoms with Crippen molar-refractivity contribution in [1.29, 1.82) is 0 Å². The minimum absolute atomic E-state index is 0. The second-order valence-electron chi connectivity index (χ2n) is 11.9. The van der Waals surface area contributed by atoms with Gasteiger partial charge in [0, 0.05) is 17.9 Å². The molecular formula is C36H71O7Ti. The maximum absolute atomic E-state index is 10.1. The van der Waals surface area contributed by atoms with E-state index in [1.807, 2.05) is 0 Å². The van der Waals surface area contributed by atoms with Crippen LogP contribution in [0, 0.1) is 0 Å². The van der Waals surface area contributed by atoms with Gasteiger partial charge in [-0.15, -0.1) is 0 Å². The van der Waals surface area contributed by atoms with Gasteiger partial charge in [0.2, 0.25) is 0 Å². The first-order valence-electron chi connectivity index (χ1n) is 17.9. The Hall–Kier alpha value is -0.916. The number of aliphatic carboxylic acids is 3. The molecule has 0 unspecified atom stereocenters. The second-order valence-corrected chi connectivity index (χ2v) is 11.9. The van der Waals surface area contributed by atoms with Gasteiger partial charge in [0.1, 0.15) is 0 Å². The van der Waals surface area contributed by atoms with Gasteiger partial charge in [0.15, 0.2) is 0 Å². The molecule has 1 radical (unpaired) electrons. The van der Waals surface area contributed by atoms with Crippen molar-refractivity contribution in [3.63, 3.8) is 0 Å². The van der Waals surface area contributed by atoms with Crippen molar-refractivity contribution >= 4 is 17.9 Å². The zero-order valence-electron chi connectivity index (χ0n) is 29.2. The smallest absolute Gasteiger partial charge is 0.550 e. The molecule has 7 nitrogen and oxygen atoms in total. The van der Waals surface area contributed by atoms with Crippen molar-refractivity contribution in [1.82, 2.24) is 0 Å². The molecule has 0 aliphatic heterocycles. The Morgan fingerprint density at radius 1 is 0.318 bits per heavy atom. The molecule has 0 amide bonds. The van der Waals surface area contributed by atoms with E-state index in [2.05, 4.69) is 20.8 Å². The summed E-state index contributed by atoms with van der Waals surface area (Å²) in [6.07, 6.45) is 33.5. The number of carbonyl (C=O) groups excluding carboxylic acids is 3. The zero-order chi connectivity index (χ0) is 31.9. The molecule has 0 bridgehead atoms. The average molecular weight is 664 g/mol. The normalized spacial score (nSPS) is 9.89. The molecular weight excluding hydrogens is 592 g/mol. The molecule has 0 aromatic heterocycles. The fraction of sp³-hybridized carbons (Fsp3) is 0.917. The second kappa shape index (κ2) is 49.0. The predicted molar refractivity (Wildman–Crippen MR) is 174 cm³/mol. The number of hydrogen-bond donors (Lipinski definition) is 0. The first-order chi connectivity index (χ1) is 20.3. The van der Waals surface area contributed by atoms with Crippen molar-refractivity contribution < 1.29 is 56.9 Å². The predicted octanol–water partition coefficient (Wildman–Crippen LogP) is 7.14. The molecule has 0 fully saturated rings. The van der Waals surface area contributed by atoms with Crippen LogP contribution in [0.5, 0.6) is 0 Å². The minimum Gasteiger partial charge on any atom is -0.550 e. The Balaban J connectivity index is -0.000000169. The van der Waals surface area contributed by atoms with Crippen molar-refractivity contribution in [3.05, 3.63) is 0 Å². The number of hydrogen-bond acceptors (Lipinski definition) is 6. The summed E-state index contributed by atoms with van der Waals surface area (Å²) < 4.78 is 0. The third-order valence-corrected chi connectivity index (χ3v) is 7.45. The van der Waals surface area contributed by atoms with E-state index in [0.717, 1.165) is 38.5 Å². The van der Waals surface area contributed by atoms with E-state index < -0.39 is 17.9 Å². The van der Waals surface area contributed by atoms with E-state index in [1.165, 1.54) is 135 Å². The molecule has 0 aromatic carbocycles. The van der Waals surface area contributed by atoms with Crippen molar-refractivity contribution in [2.45, 2.75) is 213 Å². The Bertz CT molecular complexity index is 483. The van der Waals surface area contributed by atoms with Crippen LogP contribution in [0.25, 0.3) is 0 Å². The van der Waals surface area contributed by atoms with Crippen molar-refractivity contribution in [2.24, 2.45) is 0 Å². The van der Waals surface area contributed by atoms with Crippen LogP contribution < -0.4 is 15.3 Å². The van der Waals surface area contributed by atoms with Crippen LogP contribution in [0.3, 0.4) is 0 Å². The maximum atomic E-state index is 10.1. The zero-order valence-corrected chi connectivity index (χ0v) is 30.7. The Kier molecular flexibility index (Phi) is 58.6. The number of rotatable bonds is 30. The summed E-state index contributed by atoms with van der Waals surface area (Å²) in [5.74, 6) is -2.73. The summed E-state index contributed by atoms with van der Waals surface area (Å²) in [4.78, 5) is 30.3. The molecule has 0 atom stereocenters. The van der Waals surface area contributed by atoms with Gasteiger partial charge in [-0.25, -0.2) is 0 Å². The maximum Gasteiger partial charge on any atom is 3.00 e. The van der Waals surface area contributed by atoms with Crippen LogP contribution in [0.1, 0.15) is 213 Å². The number of carbonyl (C=O) groups is 3. The average Bonchev–Trinajstić information content (AvgIpc) is 2.95. The summed E-state index contributed by atoms with van der Waals surface area (Å²) in [6, 6.07) is 0. The van der Waals surface area contributed by atoms with Crippen LogP contribution in [-0.2, 0) is 36.1 Å². The molecule has 0 rings (SSSR count). The summed E-state index contributed by atoms with van der Waals surface area (Å²) in [5.41, 5.74) is 0. The topological polar surface area (TPSA) is 152 Å². The first kappa shape index (κ1) is 52.6. The third-order valence-electron chi connectivity index (χ3n) is 7.45. The van der Waals surface area contributed by atoms with Gasteiger partial charge >= 0.3 is 21.7 Å². The molecule has 0 spiro atoms. The van der Waals surface area contributed by atoms with Gasteiger partial charge in [-0.2, -0.15) is 0 Å². The number of carboxylic acid groups (broad SMARTS) is 3. The first-order valence-corrected chi connectivity index (χ1v) is 17.9. The Morgan fingerprint density at radius 2 is 0.455 bits per heavy atom. The Morgan fingerprint density at radius 3 is 0.591 bits per heavy atom. The number of unbranched alkanes of at least 4 members (excludes halogenated alkanes) is 24. The van der Waals surface area contributed by atoms with Gasteiger partial charge in [-0.05, 0) is 38.5 Å². The van der Waals surface area contributed by atoms with E-state index in [4.69, 9.17) is 0 Å². The van der Waals surface area contributed by atoms with E-state index in [0.29, 0.717) is 0 Å². The fourth-order valence-electron chi connectivity index (χ4n) is 4.74. The monoisotopic (exact) mass is 663 g/mol. The van der Waals surface area contributed by atoms with Gasteiger partial charge in [-0.1, -0.05) is 175 Å². The third kappa shape index (κ3) is 64.1. The van der Waals surface area contributed by atoms with Crippen LogP contribution in [0.15, 0.2) is 0 Å². The summed E-state index contributed by atoms with van der Waals surface area (Å²) >= 11 is 0. The van der Waals surface area contributed by atoms with Crippen molar-refractivity contribution in [3.8, 4) is 0 Å². The summed E-state index contributed by atoms with van der Waals surface area (Å²) in [5, 5.41) is 30.3. The molecule has 2 N–H and O–H groups in total. The van der Waals surface area contributed by atoms with E-state index >= 15 is 0 Å². The van der Waals surface area contributed by atoms with Gasteiger partial charge in [0.25, 0.3) is 0 Å². The molecule has 0 aliphatic rings. The molecule has 0 saturated carbocycles. The quantitative estimate of drug-likeness (QED) is 0.0588. The van der Waals surface area contributed by atoms with Gasteiger partial charge in [-0.3, -0.25) is 0 Å². The SMILES string of the molecule is CCCCCCCCCCCC(=O)[O-].CCCCCCCCCCCC(=O)[O-].CCCCCCCCCCCC(=O)[O-].O.[Ti+3]. The molecule has 44 heavy (non-hydrogen) atoms. The van der Waals surface area contributed by atoms with Gasteiger partial charge < -0.3 is 35.2 Å². The number of carboxylic acids is 3. The van der Waals surface area contributed by atoms with Crippen molar-refractivity contribution in [2.75, 3.05) is 0 Å².